The first-order valence-electron chi connectivity index (χ1n) is 9.82. The molecule has 1 aliphatic heterocycles. The minimum Gasteiger partial charge on any atom is -0.493 e. The highest BCUT2D eigenvalue weighted by molar-refractivity contribution is 6.45. The van der Waals surface area contributed by atoms with E-state index in [1.807, 2.05) is 45.0 Å². The molecule has 31 heavy (non-hydrogen) atoms. The second kappa shape index (κ2) is 9.07. The van der Waals surface area contributed by atoms with E-state index in [1.54, 1.807) is 19.2 Å². The van der Waals surface area contributed by atoms with Crippen molar-refractivity contribution in [2.24, 2.45) is 16.0 Å². The normalized spacial score (nSPS) is 15.1. The Bertz CT molecular complexity index is 1040. The average molecular weight is 425 g/mol. The van der Waals surface area contributed by atoms with Crippen LogP contribution in [-0.2, 0) is 27.5 Å². The second-order valence-corrected chi connectivity index (χ2v) is 7.80. The highest BCUT2D eigenvalue weighted by Crippen LogP contribution is 2.42. The monoisotopic (exact) mass is 425 g/mol. The summed E-state index contributed by atoms with van der Waals surface area (Å²) in [7, 11) is 2.97. The minimum absolute atomic E-state index is 0.0216. The average Bonchev–Trinajstić information content (AvgIpc) is 3.05. The predicted molar refractivity (Wildman–Crippen MR) is 118 cm³/mol. The Morgan fingerprint density at radius 2 is 1.94 bits per heavy atom. The van der Waals surface area contributed by atoms with Crippen LogP contribution in [0, 0.1) is 0 Å². The van der Waals surface area contributed by atoms with Gasteiger partial charge in [-0.05, 0) is 32.9 Å². The number of hydrogen-bond donors (Lipinski definition) is 1. The third-order valence-corrected chi connectivity index (χ3v) is 4.87. The van der Waals surface area contributed by atoms with E-state index >= 15 is 0 Å². The lowest BCUT2D eigenvalue weighted by Crippen LogP contribution is -2.25. The van der Waals surface area contributed by atoms with Crippen molar-refractivity contribution in [1.82, 2.24) is 0 Å². The molecule has 8 nitrogen and oxygen atoms in total. The molecule has 2 N–H and O–H groups in total. The summed E-state index contributed by atoms with van der Waals surface area (Å²) >= 11 is 0. The zero-order chi connectivity index (χ0) is 22.6. The van der Waals surface area contributed by atoms with Gasteiger partial charge in [0, 0.05) is 28.7 Å². The first-order chi connectivity index (χ1) is 14.8. The van der Waals surface area contributed by atoms with Crippen molar-refractivity contribution in [3.63, 3.8) is 0 Å². The molecule has 0 fully saturated rings. The third kappa shape index (κ3) is 4.96. The number of methoxy groups -OCH3 is 1. The molecular weight excluding hydrogens is 398 g/mol. The molecule has 1 aliphatic rings. The fourth-order valence-corrected chi connectivity index (χ4v) is 3.49. The molecule has 1 heterocycles. The molecule has 0 radical (unpaired) electrons. The molecule has 0 bridgehead atoms. The first-order valence-corrected chi connectivity index (χ1v) is 9.82. The Morgan fingerprint density at radius 1 is 1.19 bits per heavy atom. The van der Waals surface area contributed by atoms with Gasteiger partial charge in [0.15, 0.2) is 17.2 Å². The van der Waals surface area contributed by atoms with Crippen LogP contribution in [0.15, 0.2) is 46.7 Å². The summed E-state index contributed by atoms with van der Waals surface area (Å²) in [5.74, 6) is 0.750. The Morgan fingerprint density at radius 3 is 2.61 bits per heavy atom. The molecule has 0 saturated heterocycles. The van der Waals surface area contributed by atoms with Crippen LogP contribution >= 0.6 is 0 Å². The molecule has 2 aromatic carbocycles. The van der Waals surface area contributed by atoms with E-state index in [1.165, 1.54) is 7.11 Å². The first kappa shape index (κ1) is 22.1. The van der Waals surface area contributed by atoms with Gasteiger partial charge in [-0.1, -0.05) is 34.6 Å². The number of amides is 1. The van der Waals surface area contributed by atoms with Gasteiger partial charge in [0.2, 0.25) is 0 Å². The molecular formula is C23H27N3O5. The van der Waals surface area contributed by atoms with E-state index in [9.17, 15) is 4.79 Å². The van der Waals surface area contributed by atoms with Crippen LogP contribution in [0.1, 0.15) is 43.0 Å². The zero-order valence-corrected chi connectivity index (χ0v) is 18.4. The fraction of sp³-hybridized carbons (Fsp3) is 0.348. The molecule has 0 spiro atoms. The topological polar surface area (TPSA) is 105 Å². The number of benzene rings is 2. The van der Waals surface area contributed by atoms with Crippen LogP contribution in [0.2, 0.25) is 0 Å². The van der Waals surface area contributed by atoms with E-state index in [-0.39, 0.29) is 17.9 Å². The predicted octanol–water partition coefficient (Wildman–Crippen LogP) is 3.19. The quantitative estimate of drug-likeness (QED) is 0.517. The Hall–Kier alpha value is -3.55. The maximum absolute atomic E-state index is 11.7. The van der Waals surface area contributed by atoms with Crippen LogP contribution in [0.5, 0.6) is 11.5 Å². The lowest BCUT2D eigenvalue weighted by molar-refractivity contribution is -0.112. The molecule has 1 amide bonds. The SMILES string of the molecule is CON=C(C(N)=O)c1ccccc1CON=C(C)c1cc2c(c(OC)c1)OC(C)(C)C2. The second-order valence-electron chi connectivity index (χ2n) is 7.80. The number of nitrogens with zero attached hydrogens (tertiary/aromatic N) is 2. The number of carbonyl (C=O) groups excluding carboxylic acids is 1. The molecule has 0 aromatic heterocycles. The Labute approximate surface area is 181 Å². The van der Waals surface area contributed by atoms with Crippen LogP contribution in [-0.4, -0.2) is 37.2 Å². The van der Waals surface area contributed by atoms with Crippen LogP contribution in [0.4, 0.5) is 0 Å². The van der Waals surface area contributed by atoms with Crippen LogP contribution < -0.4 is 15.2 Å². The summed E-state index contributed by atoms with van der Waals surface area (Å²) in [5, 5.41) is 7.99. The lowest BCUT2D eigenvalue weighted by Gasteiger charge is -2.17. The number of oxime groups is 2. The van der Waals surface area contributed by atoms with Gasteiger partial charge in [0.05, 0.1) is 12.8 Å². The molecule has 0 aliphatic carbocycles. The van der Waals surface area contributed by atoms with Gasteiger partial charge in [0.25, 0.3) is 5.91 Å². The van der Waals surface area contributed by atoms with E-state index in [0.29, 0.717) is 22.6 Å². The smallest absolute Gasteiger partial charge is 0.271 e. The van der Waals surface area contributed by atoms with Gasteiger partial charge >= 0.3 is 0 Å². The maximum Gasteiger partial charge on any atom is 0.271 e. The van der Waals surface area contributed by atoms with Gasteiger partial charge in [-0.2, -0.15) is 0 Å². The van der Waals surface area contributed by atoms with Crippen molar-refractivity contribution in [3.8, 4) is 11.5 Å². The summed E-state index contributed by atoms with van der Waals surface area (Å²) in [5.41, 5.74) is 9.04. The standard InChI is InChI=1S/C23H27N3O5/c1-14(16-10-17-12-23(2,3)31-21(17)19(11-16)28-4)25-30-13-15-8-6-7-9-18(15)20(22(24)27)26-29-5/h6-11H,12-13H2,1-5H3,(H2,24,27). The number of primary amides is 1. The number of carbonyl (C=O) groups is 1. The number of fused-ring (bicyclic) bond motifs is 1. The summed E-state index contributed by atoms with van der Waals surface area (Å²) in [6.07, 6.45) is 0.781. The van der Waals surface area contributed by atoms with Gasteiger partial charge < -0.3 is 24.9 Å². The van der Waals surface area contributed by atoms with Crippen LogP contribution in [0.25, 0.3) is 0 Å². The lowest BCUT2D eigenvalue weighted by atomic mass is 9.99. The molecule has 164 valence electrons. The van der Waals surface area contributed by atoms with Crippen molar-refractivity contribution in [1.29, 1.82) is 0 Å². The highest BCUT2D eigenvalue weighted by Gasteiger charge is 2.33. The Balaban J connectivity index is 1.81. The van der Waals surface area contributed by atoms with Crippen LogP contribution in [0.3, 0.4) is 0 Å². The highest BCUT2D eigenvalue weighted by atomic mass is 16.6. The van der Waals surface area contributed by atoms with E-state index < -0.39 is 5.91 Å². The maximum atomic E-state index is 11.7. The summed E-state index contributed by atoms with van der Waals surface area (Å²) in [6.45, 7) is 6.07. The van der Waals surface area contributed by atoms with Crippen molar-refractivity contribution in [2.45, 2.75) is 39.4 Å². The van der Waals surface area contributed by atoms with Crippen molar-refractivity contribution >= 4 is 17.3 Å². The van der Waals surface area contributed by atoms with E-state index in [2.05, 4.69) is 10.3 Å². The number of ether oxygens (including phenoxy) is 2. The summed E-state index contributed by atoms with van der Waals surface area (Å²) in [6, 6.07) is 11.1. The fourth-order valence-electron chi connectivity index (χ4n) is 3.49. The molecule has 0 atom stereocenters. The van der Waals surface area contributed by atoms with Gasteiger partial charge in [-0.3, -0.25) is 4.79 Å². The number of nitrogens with two attached hydrogens (primary N) is 1. The third-order valence-electron chi connectivity index (χ3n) is 4.87. The van der Waals surface area contributed by atoms with E-state index in [0.717, 1.165) is 23.3 Å². The van der Waals surface area contributed by atoms with Gasteiger partial charge in [-0.15, -0.1) is 0 Å². The summed E-state index contributed by atoms with van der Waals surface area (Å²) < 4.78 is 11.5. The number of hydrogen-bond acceptors (Lipinski definition) is 7. The van der Waals surface area contributed by atoms with Crippen molar-refractivity contribution in [3.05, 3.63) is 58.7 Å². The minimum atomic E-state index is -0.690. The molecule has 2 aromatic rings. The zero-order valence-electron chi connectivity index (χ0n) is 18.4. The summed E-state index contributed by atoms with van der Waals surface area (Å²) in [4.78, 5) is 22.1. The number of rotatable bonds is 8. The molecule has 3 rings (SSSR count). The molecule has 0 unspecified atom stereocenters. The Kier molecular flexibility index (Phi) is 6.48. The van der Waals surface area contributed by atoms with E-state index in [4.69, 9.17) is 24.9 Å². The van der Waals surface area contributed by atoms with Crippen molar-refractivity contribution in [2.75, 3.05) is 14.2 Å². The van der Waals surface area contributed by atoms with Gasteiger partial charge in [-0.25, -0.2) is 0 Å². The van der Waals surface area contributed by atoms with Gasteiger partial charge in [0.1, 0.15) is 19.3 Å². The molecule has 8 heteroatoms. The molecule has 0 saturated carbocycles. The largest absolute Gasteiger partial charge is 0.493 e. The van der Waals surface area contributed by atoms with Crippen molar-refractivity contribution < 1.29 is 23.9 Å².